The summed E-state index contributed by atoms with van der Waals surface area (Å²) >= 11 is 7.51. The number of nitrogens with zero attached hydrogens (tertiary/aromatic N) is 2. The molecule has 0 saturated heterocycles. The third kappa shape index (κ3) is 4.95. The molecule has 0 amide bonds. The van der Waals surface area contributed by atoms with Crippen LogP contribution in [-0.4, -0.2) is 11.2 Å². The molecule has 0 radical (unpaired) electrons. The summed E-state index contributed by atoms with van der Waals surface area (Å²) < 4.78 is 0.782. The molecule has 0 saturated carbocycles. The molecule has 0 aliphatic carbocycles. The van der Waals surface area contributed by atoms with Crippen LogP contribution in [0, 0.1) is 0 Å². The Bertz CT molecular complexity index is 712. The summed E-state index contributed by atoms with van der Waals surface area (Å²) in [7, 11) is 0. The molecule has 0 unspecified atom stereocenters. The van der Waals surface area contributed by atoms with Crippen LogP contribution in [-0.2, 0) is 13.1 Å². The van der Waals surface area contributed by atoms with E-state index in [2.05, 4.69) is 58.6 Å². The lowest BCUT2D eigenvalue weighted by Gasteiger charge is -2.19. The zero-order valence-electron chi connectivity index (χ0n) is 12.6. The van der Waals surface area contributed by atoms with Crippen molar-refractivity contribution in [2.75, 3.05) is 0 Å². The quantitative estimate of drug-likeness (QED) is 0.431. The summed E-state index contributed by atoms with van der Waals surface area (Å²) in [5, 5.41) is 6.73. The van der Waals surface area contributed by atoms with Crippen molar-refractivity contribution in [1.82, 2.24) is 5.01 Å². The fraction of sp³-hybridized carbons (Fsp3) is 0.105. The van der Waals surface area contributed by atoms with E-state index >= 15 is 0 Å². The third-order valence-electron chi connectivity index (χ3n) is 3.36. The van der Waals surface area contributed by atoms with Gasteiger partial charge >= 0.3 is 0 Å². The Kier molecular flexibility index (Phi) is 5.46. The van der Waals surface area contributed by atoms with Crippen molar-refractivity contribution in [3.63, 3.8) is 0 Å². The molecular formula is C19H17ClN2S. The molecule has 1 heterocycles. The zero-order chi connectivity index (χ0) is 15.9. The average Bonchev–Trinajstić information content (AvgIpc) is 3.00. The second-order valence-corrected chi connectivity index (χ2v) is 6.93. The summed E-state index contributed by atoms with van der Waals surface area (Å²) in [6.07, 6.45) is 1.88. The monoisotopic (exact) mass is 340 g/mol. The van der Waals surface area contributed by atoms with Gasteiger partial charge in [0.1, 0.15) is 0 Å². The van der Waals surface area contributed by atoms with Crippen molar-refractivity contribution in [3.05, 3.63) is 93.1 Å². The number of hydrazone groups is 1. The first kappa shape index (κ1) is 15.8. The minimum Gasteiger partial charge on any atom is -0.288 e. The van der Waals surface area contributed by atoms with Crippen LogP contribution >= 0.6 is 22.9 Å². The molecule has 0 aliphatic rings. The Labute approximate surface area is 145 Å². The van der Waals surface area contributed by atoms with Gasteiger partial charge in [-0.15, -0.1) is 11.3 Å². The first-order valence-corrected chi connectivity index (χ1v) is 8.61. The van der Waals surface area contributed by atoms with Gasteiger partial charge in [0, 0.05) is 4.88 Å². The maximum absolute atomic E-state index is 5.98. The molecule has 4 heteroatoms. The van der Waals surface area contributed by atoms with Crippen LogP contribution in [0.25, 0.3) is 0 Å². The number of hydrogen-bond acceptors (Lipinski definition) is 3. The lowest BCUT2D eigenvalue weighted by molar-refractivity contribution is 0.272. The van der Waals surface area contributed by atoms with Crippen LogP contribution in [0.3, 0.4) is 0 Å². The number of rotatable bonds is 6. The molecular weight excluding hydrogens is 324 g/mol. The van der Waals surface area contributed by atoms with Gasteiger partial charge in [0.2, 0.25) is 0 Å². The van der Waals surface area contributed by atoms with Crippen molar-refractivity contribution >= 4 is 29.2 Å². The summed E-state index contributed by atoms with van der Waals surface area (Å²) in [6.45, 7) is 1.54. The van der Waals surface area contributed by atoms with Crippen LogP contribution < -0.4 is 0 Å². The number of thiophene rings is 1. The second kappa shape index (κ2) is 7.95. The van der Waals surface area contributed by atoms with Crippen molar-refractivity contribution in [1.29, 1.82) is 0 Å². The van der Waals surface area contributed by atoms with E-state index in [0.717, 1.165) is 22.3 Å². The fourth-order valence-corrected chi connectivity index (χ4v) is 3.19. The highest BCUT2D eigenvalue weighted by Gasteiger charge is 2.04. The predicted molar refractivity (Wildman–Crippen MR) is 99.1 cm³/mol. The summed E-state index contributed by atoms with van der Waals surface area (Å²) in [4.78, 5) is 1.06. The van der Waals surface area contributed by atoms with E-state index in [1.165, 1.54) is 22.5 Å². The van der Waals surface area contributed by atoms with Crippen molar-refractivity contribution in [2.24, 2.45) is 5.10 Å². The molecule has 116 valence electrons. The Hall–Kier alpha value is -2.10. The van der Waals surface area contributed by atoms with Gasteiger partial charge in [-0.2, -0.15) is 5.10 Å². The highest BCUT2D eigenvalue weighted by atomic mass is 35.5. The van der Waals surface area contributed by atoms with E-state index < -0.39 is 0 Å². The average molecular weight is 341 g/mol. The molecule has 0 fully saturated rings. The van der Waals surface area contributed by atoms with Gasteiger partial charge in [0.05, 0.1) is 23.6 Å². The second-order valence-electron chi connectivity index (χ2n) is 5.18. The van der Waals surface area contributed by atoms with E-state index in [-0.39, 0.29) is 0 Å². The largest absolute Gasteiger partial charge is 0.288 e. The lowest BCUT2D eigenvalue weighted by atomic mass is 10.2. The van der Waals surface area contributed by atoms with Gasteiger partial charge in [-0.25, -0.2) is 0 Å². The summed E-state index contributed by atoms with van der Waals surface area (Å²) in [5.41, 5.74) is 2.48. The van der Waals surface area contributed by atoms with Crippen LogP contribution in [0.5, 0.6) is 0 Å². The molecule has 0 aliphatic heterocycles. The van der Waals surface area contributed by atoms with Gasteiger partial charge in [0.25, 0.3) is 0 Å². The van der Waals surface area contributed by atoms with Gasteiger partial charge < -0.3 is 0 Å². The molecule has 2 nitrogen and oxygen atoms in total. The van der Waals surface area contributed by atoms with Crippen LogP contribution in [0.4, 0.5) is 0 Å². The molecule has 3 aromatic rings. The molecule has 0 N–H and O–H groups in total. The topological polar surface area (TPSA) is 15.6 Å². The van der Waals surface area contributed by atoms with Crippen LogP contribution in [0.2, 0.25) is 4.34 Å². The van der Waals surface area contributed by atoms with Crippen molar-refractivity contribution in [3.8, 4) is 0 Å². The highest BCUT2D eigenvalue weighted by molar-refractivity contribution is 7.17. The van der Waals surface area contributed by atoms with Crippen LogP contribution in [0.15, 0.2) is 77.9 Å². The van der Waals surface area contributed by atoms with E-state index in [0.29, 0.717) is 0 Å². The molecule has 0 spiro atoms. The maximum atomic E-state index is 5.98. The number of hydrogen-bond donors (Lipinski definition) is 0. The Morgan fingerprint density at radius 3 is 1.87 bits per heavy atom. The molecule has 2 aromatic carbocycles. The number of halogens is 1. The Morgan fingerprint density at radius 2 is 1.39 bits per heavy atom. The minimum absolute atomic E-state index is 0.769. The van der Waals surface area contributed by atoms with E-state index in [1.807, 2.05) is 30.5 Å². The minimum atomic E-state index is 0.769. The first-order chi connectivity index (χ1) is 11.3. The standard InChI is InChI=1S/C19H17ClN2S/c20-19-12-11-18(23-19)13-21-22(14-16-7-3-1-4-8-16)15-17-9-5-2-6-10-17/h1-13H,14-15H2/b21-13-. The van der Waals surface area contributed by atoms with Crippen molar-refractivity contribution in [2.45, 2.75) is 13.1 Å². The first-order valence-electron chi connectivity index (χ1n) is 7.42. The highest BCUT2D eigenvalue weighted by Crippen LogP contribution is 2.20. The van der Waals surface area contributed by atoms with Gasteiger partial charge in [-0.3, -0.25) is 5.01 Å². The molecule has 3 rings (SSSR count). The van der Waals surface area contributed by atoms with E-state index in [1.54, 1.807) is 0 Å². The smallest absolute Gasteiger partial charge is 0.0935 e. The summed E-state index contributed by atoms with van der Waals surface area (Å²) in [6, 6.07) is 24.6. The Balaban J connectivity index is 1.76. The lowest BCUT2D eigenvalue weighted by Crippen LogP contribution is -2.16. The van der Waals surface area contributed by atoms with Crippen molar-refractivity contribution < 1.29 is 0 Å². The fourth-order valence-electron chi connectivity index (χ4n) is 2.26. The third-order valence-corrected chi connectivity index (χ3v) is 4.52. The summed E-state index contributed by atoms with van der Waals surface area (Å²) in [5.74, 6) is 0. The Morgan fingerprint density at radius 1 is 0.826 bits per heavy atom. The predicted octanol–water partition coefficient (Wildman–Crippen LogP) is 5.44. The van der Waals surface area contributed by atoms with E-state index in [4.69, 9.17) is 11.6 Å². The van der Waals surface area contributed by atoms with E-state index in [9.17, 15) is 0 Å². The van der Waals surface area contributed by atoms with Gasteiger partial charge in [0.15, 0.2) is 0 Å². The maximum Gasteiger partial charge on any atom is 0.0935 e. The molecule has 23 heavy (non-hydrogen) atoms. The normalized spacial score (nSPS) is 11.0. The van der Waals surface area contributed by atoms with Gasteiger partial charge in [-0.1, -0.05) is 72.3 Å². The molecule has 1 aromatic heterocycles. The van der Waals surface area contributed by atoms with Gasteiger partial charge in [-0.05, 0) is 23.3 Å². The molecule has 0 bridgehead atoms. The zero-order valence-corrected chi connectivity index (χ0v) is 14.2. The number of benzene rings is 2. The molecule has 0 atom stereocenters. The van der Waals surface area contributed by atoms with Crippen LogP contribution in [0.1, 0.15) is 16.0 Å². The SMILES string of the molecule is Clc1ccc(/C=N\N(Cc2ccccc2)Cc2ccccc2)s1.